The van der Waals surface area contributed by atoms with E-state index in [1.807, 2.05) is 13.8 Å². The first-order valence-electron chi connectivity index (χ1n) is 5.98. The molecule has 0 aromatic carbocycles. The van der Waals surface area contributed by atoms with E-state index < -0.39 is 0 Å². The van der Waals surface area contributed by atoms with Crippen molar-refractivity contribution >= 4 is 0 Å². The molecule has 0 atom stereocenters. The van der Waals surface area contributed by atoms with Gasteiger partial charge in [-0.05, 0) is 33.0 Å². The highest BCUT2D eigenvalue weighted by Gasteiger charge is 2.18. The third kappa shape index (κ3) is 3.17. The molecule has 4 nitrogen and oxygen atoms in total. The fourth-order valence-electron chi connectivity index (χ4n) is 1.93. The molecular formula is C12H21N3O. The van der Waals surface area contributed by atoms with Gasteiger partial charge in [-0.2, -0.15) is 0 Å². The third-order valence-corrected chi connectivity index (χ3v) is 2.83. The lowest BCUT2D eigenvalue weighted by atomic mass is 10.1. The Morgan fingerprint density at radius 1 is 1.31 bits per heavy atom. The maximum atomic E-state index is 11.5. The molecule has 4 heteroatoms. The lowest BCUT2D eigenvalue weighted by molar-refractivity contribution is 0.218. The molecule has 2 rings (SSSR count). The van der Waals surface area contributed by atoms with Crippen molar-refractivity contribution in [2.45, 2.75) is 32.7 Å². The summed E-state index contributed by atoms with van der Waals surface area (Å²) in [5, 5.41) is 0. The maximum absolute atomic E-state index is 11.5. The standard InChI is InChI=1S/C10H15N3O.C2H6/c1-12-5-2-9(3-6-12)13-7-4-11-8-10(13)14;1-2/h4,7-9H,2-3,5-6H2,1H3;1-2H3. The fraction of sp³-hybridized carbons (Fsp3) is 0.667. The summed E-state index contributed by atoms with van der Waals surface area (Å²) in [5.74, 6) is 0. The fourth-order valence-corrected chi connectivity index (χ4v) is 1.93. The first-order chi connectivity index (χ1) is 7.77. The number of hydrogen-bond acceptors (Lipinski definition) is 3. The molecule has 1 saturated heterocycles. The monoisotopic (exact) mass is 223 g/mol. The van der Waals surface area contributed by atoms with Gasteiger partial charge in [0.25, 0.3) is 5.56 Å². The van der Waals surface area contributed by atoms with Gasteiger partial charge in [-0.25, -0.2) is 0 Å². The number of nitrogens with zero attached hydrogens (tertiary/aromatic N) is 3. The molecule has 0 spiro atoms. The molecular weight excluding hydrogens is 202 g/mol. The van der Waals surface area contributed by atoms with Crippen LogP contribution in [0.25, 0.3) is 0 Å². The van der Waals surface area contributed by atoms with Gasteiger partial charge in [-0.15, -0.1) is 0 Å². The minimum Gasteiger partial charge on any atom is -0.310 e. The Hall–Kier alpha value is -1.16. The summed E-state index contributed by atoms with van der Waals surface area (Å²) in [7, 11) is 2.12. The van der Waals surface area contributed by atoms with Gasteiger partial charge in [0.2, 0.25) is 0 Å². The number of aromatic nitrogens is 2. The first-order valence-corrected chi connectivity index (χ1v) is 5.98. The minimum absolute atomic E-state index is 0.0158. The molecule has 0 saturated carbocycles. The lowest BCUT2D eigenvalue weighted by Gasteiger charge is -2.29. The highest BCUT2D eigenvalue weighted by Crippen LogP contribution is 2.19. The van der Waals surface area contributed by atoms with Crippen LogP contribution in [0.3, 0.4) is 0 Å². The topological polar surface area (TPSA) is 38.1 Å². The van der Waals surface area contributed by atoms with E-state index in [4.69, 9.17) is 0 Å². The molecule has 0 bridgehead atoms. The molecule has 0 radical (unpaired) electrons. The molecule has 1 aromatic heterocycles. The van der Waals surface area contributed by atoms with Gasteiger partial charge in [0.1, 0.15) is 0 Å². The average molecular weight is 223 g/mol. The van der Waals surface area contributed by atoms with E-state index in [2.05, 4.69) is 16.9 Å². The molecule has 0 N–H and O–H groups in total. The second-order valence-corrected chi connectivity index (χ2v) is 3.86. The van der Waals surface area contributed by atoms with Crippen LogP contribution in [0.1, 0.15) is 32.7 Å². The minimum atomic E-state index is 0.0158. The Morgan fingerprint density at radius 3 is 2.50 bits per heavy atom. The number of rotatable bonds is 1. The van der Waals surface area contributed by atoms with Gasteiger partial charge in [-0.1, -0.05) is 13.8 Å². The second-order valence-electron chi connectivity index (χ2n) is 3.86. The second kappa shape index (κ2) is 6.43. The Kier molecular flexibility index (Phi) is 5.19. The summed E-state index contributed by atoms with van der Waals surface area (Å²) < 4.78 is 1.81. The van der Waals surface area contributed by atoms with E-state index in [0.717, 1.165) is 25.9 Å². The van der Waals surface area contributed by atoms with Crippen molar-refractivity contribution in [3.63, 3.8) is 0 Å². The Bertz CT molecular complexity index is 353. The molecule has 1 aliphatic rings. The van der Waals surface area contributed by atoms with Crippen LogP contribution in [0.5, 0.6) is 0 Å². The molecule has 0 amide bonds. The van der Waals surface area contributed by atoms with Crippen molar-refractivity contribution in [1.82, 2.24) is 14.5 Å². The zero-order chi connectivity index (χ0) is 12.0. The van der Waals surface area contributed by atoms with Gasteiger partial charge in [0, 0.05) is 18.4 Å². The number of piperidine rings is 1. The average Bonchev–Trinajstić information content (AvgIpc) is 2.34. The van der Waals surface area contributed by atoms with Crippen molar-refractivity contribution in [2.24, 2.45) is 0 Å². The highest BCUT2D eigenvalue weighted by molar-refractivity contribution is 4.86. The normalized spacial score (nSPS) is 17.7. The van der Waals surface area contributed by atoms with Crippen LogP contribution < -0.4 is 5.56 Å². The molecule has 1 fully saturated rings. The van der Waals surface area contributed by atoms with Crippen LogP contribution in [-0.2, 0) is 0 Å². The van der Waals surface area contributed by atoms with E-state index in [9.17, 15) is 4.79 Å². The number of hydrogen-bond donors (Lipinski definition) is 0. The van der Waals surface area contributed by atoms with Crippen LogP contribution >= 0.6 is 0 Å². The molecule has 1 aliphatic heterocycles. The lowest BCUT2D eigenvalue weighted by Crippen LogP contribution is -2.35. The third-order valence-electron chi connectivity index (χ3n) is 2.83. The Morgan fingerprint density at radius 2 is 1.94 bits per heavy atom. The summed E-state index contributed by atoms with van der Waals surface area (Å²) >= 11 is 0. The van der Waals surface area contributed by atoms with Crippen molar-refractivity contribution in [3.05, 3.63) is 28.9 Å². The van der Waals surface area contributed by atoms with E-state index in [-0.39, 0.29) is 5.56 Å². The van der Waals surface area contributed by atoms with Crippen LogP contribution in [-0.4, -0.2) is 34.6 Å². The van der Waals surface area contributed by atoms with Crippen molar-refractivity contribution in [3.8, 4) is 0 Å². The highest BCUT2D eigenvalue weighted by atomic mass is 16.1. The van der Waals surface area contributed by atoms with Crippen LogP contribution in [0, 0.1) is 0 Å². The zero-order valence-electron chi connectivity index (χ0n) is 10.4. The van der Waals surface area contributed by atoms with Gasteiger partial charge < -0.3 is 9.47 Å². The predicted molar refractivity (Wildman–Crippen MR) is 65.6 cm³/mol. The van der Waals surface area contributed by atoms with E-state index in [0.29, 0.717) is 6.04 Å². The Labute approximate surface area is 96.9 Å². The summed E-state index contributed by atoms with van der Waals surface area (Å²) in [4.78, 5) is 17.6. The van der Waals surface area contributed by atoms with Gasteiger partial charge in [-0.3, -0.25) is 9.78 Å². The first kappa shape index (κ1) is 12.9. The van der Waals surface area contributed by atoms with E-state index in [1.165, 1.54) is 6.20 Å². The van der Waals surface area contributed by atoms with Gasteiger partial charge in [0.05, 0.1) is 6.20 Å². The molecule has 2 heterocycles. The SMILES string of the molecule is CC.CN1CCC(n2ccncc2=O)CC1. The zero-order valence-corrected chi connectivity index (χ0v) is 10.4. The maximum Gasteiger partial charge on any atom is 0.269 e. The van der Waals surface area contributed by atoms with Crippen LogP contribution in [0.15, 0.2) is 23.4 Å². The van der Waals surface area contributed by atoms with Crippen molar-refractivity contribution in [2.75, 3.05) is 20.1 Å². The summed E-state index contributed by atoms with van der Waals surface area (Å²) in [6.07, 6.45) is 6.97. The van der Waals surface area contributed by atoms with Crippen LogP contribution in [0.2, 0.25) is 0 Å². The van der Waals surface area contributed by atoms with Crippen molar-refractivity contribution in [1.29, 1.82) is 0 Å². The quantitative estimate of drug-likeness (QED) is 0.725. The summed E-state index contributed by atoms with van der Waals surface area (Å²) in [6, 6.07) is 0.363. The largest absolute Gasteiger partial charge is 0.310 e. The van der Waals surface area contributed by atoms with Gasteiger partial charge in [0.15, 0.2) is 0 Å². The molecule has 0 aliphatic carbocycles. The summed E-state index contributed by atoms with van der Waals surface area (Å²) in [5.41, 5.74) is 0.0158. The van der Waals surface area contributed by atoms with E-state index >= 15 is 0 Å². The molecule has 16 heavy (non-hydrogen) atoms. The number of likely N-dealkylation sites (tertiary alicyclic amines) is 1. The molecule has 1 aromatic rings. The van der Waals surface area contributed by atoms with Gasteiger partial charge >= 0.3 is 0 Å². The molecule has 0 unspecified atom stereocenters. The van der Waals surface area contributed by atoms with Crippen LogP contribution in [0.4, 0.5) is 0 Å². The summed E-state index contributed by atoms with van der Waals surface area (Å²) in [6.45, 7) is 6.14. The van der Waals surface area contributed by atoms with Crippen molar-refractivity contribution < 1.29 is 0 Å². The Balaban J connectivity index is 0.000000606. The van der Waals surface area contributed by atoms with E-state index in [1.54, 1.807) is 17.0 Å². The molecule has 90 valence electrons. The predicted octanol–water partition coefficient (Wildman–Crippen LogP) is 1.54. The smallest absolute Gasteiger partial charge is 0.269 e.